The number of aromatic nitrogens is 1. The summed E-state index contributed by atoms with van der Waals surface area (Å²) in [6.07, 6.45) is 1.92. The fourth-order valence-electron chi connectivity index (χ4n) is 2.50. The van der Waals surface area contributed by atoms with E-state index in [2.05, 4.69) is 0 Å². The van der Waals surface area contributed by atoms with E-state index in [0.717, 1.165) is 27.6 Å². The molecule has 0 aliphatic rings. The maximum absolute atomic E-state index is 12.7. The summed E-state index contributed by atoms with van der Waals surface area (Å²) in [5.74, 6) is 0.0925. The number of hydrogen-bond acceptors (Lipinski definition) is 1. The fraction of sp³-hybridized carbons (Fsp3) is 0.118. The molecule has 19 heavy (non-hydrogen) atoms. The summed E-state index contributed by atoms with van der Waals surface area (Å²) in [6.45, 7) is 1.97. The van der Waals surface area contributed by atoms with E-state index in [1.807, 2.05) is 73.3 Å². The summed E-state index contributed by atoms with van der Waals surface area (Å²) < 4.78 is 2.00. The number of carbonyl (C=O) groups excluding carboxylic acids is 1. The van der Waals surface area contributed by atoms with Gasteiger partial charge in [-0.2, -0.15) is 0 Å². The minimum atomic E-state index is 0.0925. The summed E-state index contributed by atoms with van der Waals surface area (Å²) in [7, 11) is 1.97. The first-order valence-electron chi connectivity index (χ1n) is 6.33. The van der Waals surface area contributed by atoms with Gasteiger partial charge in [-0.05, 0) is 18.6 Å². The van der Waals surface area contributed by atoms with Gasteiger partial charge in [-0.15, -0.1) is 0 Å². The van der Waals surface area contributed by atoms with Crippen LogP contribution >= 0.6 is 0 Å². The smallest absolute Gasteiger partial charge is 0.195 e. The highest BCUT2D eigenvalue weighted by Gasteiger charge is 2.16. The molecule has 0 bridgehead atoms. The van der Waals surface area contributed by atoms with Crippen LogP contribution in [0, 0.1) is 6.92 Å². The maximum Gasteiger partial charge on any atom is 0.195 e. The maximum atomic E-state index is 12.7. The molecule has 0 saturated carbocycles. The lowest BCUT2D eigenvalue weighted by Crippen LogP contribution is -2.02. The molecule has 0 amide bonds. The third kappa shape index (κ3) is 1.85. The number of nitrogens with zero attached hydrogens (tertiary/aromatic N) is 1. The van der Waals surface area contributed by atoms with Crippen LogP contribution in [0.3, 0.4) is 0 Å². The molecular formula is C17H15NO. The molecule has 0 atom stereocenters. The SMILES string of the molecule is Cc1ccccc1C(=O)c1cn(C)c2ccccc12. The van der Waals surface area contributed by atoms with E-state index in [1.54, 1.807) is 0 Å². The van der Waals surface area contributed by atoms with Crippen molar-refractivity contribution in [3.05, 3.63) is 71.4 Å². The Bertz CT molecular complexity index is 768. The highest BCUT2D eigenvalue weighted by atomic mass is 16.1. The van der Waals surface area contributed by atoms with Crippen molar-refractivity contribution >= 4 is 16.7 Å². The van der Waals surface area contributed by atoms with Gasteiger partial charge in [-0.25, -0.2) is 0 Å². The predicted octanol–water partition coefficient (Wildman–Crippen LogP) is 3.72. The standard InChI is InChI=1S/C17H15NO/c1-12-7-3-4-8-13(12)17(19)15-11-18(2)16-10-6-5-9-14(15)16/h3-11H,1-2H3. The van der Waals surface area contributed by atoms with Crippen LogP contribution in [0.5, 0.6) is 0 Å². The van der Waals surface area contributed by atoms with Crippen LogP contribution in [-0.4, -0.2) is 10.4 Å². The van der Waals surface area contributed by atoms with E-state index < -0.39 is 0 Å². The van der Waals surface area contributed by atoms with Gasteiger partial charge in [0.2, 0.25) is 0 Å². The molecule has 0 N–H and O–H groups in total. The Morgan fingerprint density at radius 1 is 0.947 bits per heavy atom. The van der Waals surface area contributed by atoms with Crippen LogP contribution in [0.1, 0.15) is 21.5 Å². The lowest BCUT2D eigenvalue weighted by atomic mass is 9.99. The third-order valence-corrected chi connectivity index (χ3v) is 3.53. The van der Waals surface area contributed by atoms with Crippen molar-refractivity contribution in [1.82, 2.24) is 4.57 Å². The number of para-hydroxylation sites is 1. The number of carbonyl (C=O) groups is 1. The molecule has 2 heteroatoms. The highest BCUT2D eigenvalue weighted by Crippen LogP contribution is 2.23. The first kappa shape index (κ1) is 11.7. The van der Waals surface area contributed by atoms with Gasteiger partial charge in [0, 0.05) is 35.3 Å². The molecular weight excluding hydrogens is 234 g/mol. The molecule has 0 aliphatic heterocycles. The molecule has 0 fully saturated rings. The topological polar surface area (TPSA) is 22.0 Å². The summed E-state index contributed by atoms with van der Waals surface area (Å²) >= 11 is 0. The molecule has 1 heterocycles. The third-order valence-electron chi connectivity index (χ3n) is 3.53. The highest BCUT2D eigenvalue weighted by molar-refractivity contribution is 6.17. The van der Waals surface area contributed by atoms with Crippen molar-refractivity contribution in [2.75, 3.05) is 0 Å². The Hall–Kier alpha value is -2.35. The zero-order valence-corrected chi connectivity index (χ0v) is 11.1. The lowest BCUT2D eigenvalue weighted by molar-refractivity contribution is 0.103. The Labute approximate surface area is 112 Å². The average molecular weight is 249 g/mol. The molecule has 0 unspecified atom stereocenters. The largest absolute Gasteiger partial charge is 0.350 e. The number of fused-ring (bicyclic) bond motifs is 1. The molecule has 0 spiro atoms. The Morgan fingerprint density at radius 3 is 2.42 bits per heavy atom. The van der Waals surface area contributed by atoms with Gasteiger partial charge in [0.25, 0.3) is 0 Å². The molecule has 0 radical (unpaired) electrons. The molecule has 2 nitrogen and oxygen atoms in total. The van der Waals surface area contributed by atoms with E-state index in [0.29, 0.717) is 0 Å². The van der Waals surface area contributed by atoms with Crippen LogP contribution in [0.4, 0.5) is 0 Å². The van der Waals surface area contributed by atoms with Gasteiger partial charge >= 0.3 is 0 Å². The van der Waals surface area contributed by atoms with Gasteiger partial charge in [0.15, 0.2) is 5.78 Å². The van der Waals surface area contributed by atoms with Crippen LogP contribution in [0.15, 0.2) is 54.7 Å². The molecule has 94 valence electrons. The zero-order valence-electron chi connectivity index (χ0n) is 11.1. The molecule has 3 aromatic rings. The second kappa shape index (κ2) is 4.39. The van der Waals surface area contributed by atoms with Gasteiger partial charge < -0.3 is 4.57 Å². The van der Waals surface area contributed by atoms with Crippen LogP contribution in [0.2, 0.25) is 0 Å². The quantitative estimate of drug-likeness (QED) is 0.634. The van der Waals surface area contributed by atoms with E-state index in [9.17, 15) is 4.79 Å². The minimum Gasteiger partial charge on any atom is -0.350 e. The number of ketones is 1. The van der Waals surface area contributed by atoms with Crippen LogP contribution < -0.4 is 0 Å². The Morgan fingerprint density at radius 2 is 1.63 bits per heavy atom. The van der Waals surface area contributed by atoms with E-state index in [-0.39, 0.29) is 5.78 Å². The Kier molecular flexibility index (Phi) is 2.71. The summed E-state index contributed by atoms with van der Waals surface area (Å²) in [5, 5.41) is 1.01. The van der Waals surface area contributed by atoms with Crippen molar-refractivity contribution in [1.29, 1.82) is 0 Å². The van der Waals surface area contributed by atoms with E-state index >= 15 is 0 Å². The number of hydrogen-bond donors (Lipinski definition) is 0. The van der Waals surface area contributed by atoms with Gasteiger partial charge in [-0.3, -0.25) is 4.79 Å². The van der Waals surface area contributed by atoms with Gasteiger partial charge in [-0.1, -0.05) is 42.5 Å². The van der Waals surface area contributed by atoms with Gasteiger partial charge in [0.1, 0.15) is 0 Å². The molecule has 1 aromatic heterocycles. The van der Waals surface area contributed by atoms with Crippen LogP contribution in [0.25, 0.3) is 10.9 Å². The second-order valence-electron chi connectivity index (χ2n) is 4.81. The van der Waals surface area contributed by atoms with E-state index in [4.69, 9.17) is 0 Å². The molecule has 0 aliphatic carbocycles. The fourth-order valence-corrected chi connectivity index (χ4v) is 2.50. The monoisotopic (exact) mass is 249 g/mol. The number of benzene rings is 2. The van der Waals surface area contributed by atoms with Crippen molar-refractivity contribution < 1.29 is 4.79 Å². The number of aryl methyl sites for hydroxylation is 2. The summed E-state index contributed by atoms with van der Waals surface area (Å²) in [4.78, 5) is 12.7. The van der Waals surface area contributed by atoms with Crippen molar-refractivity contribution in [3.63, 3.8) is 0 Å². The van der Waals surface area contributed by atoms with Crippen molar-refractivity contribution in [2.24, 2.45) is 7.05 Å². The Balaban J connectivity index is 2.20. The minimum absolute atomic E-state index is 0.0925. The average Bonchev–Trinajstić information content (AvgIpc) is 2.77. The lowest BCUT2D eigenvalue weighted by Gasteiger charge is -2.03. The van der Waals surface area contributed by atoms with Crippen molar-refractivity contribution in [2.45, 2.75) is 6.92 Å². The molecule has 0 saturated heterocycles. The molecule has 3 rings (SSSR count). The summed E-state index contributed by atoms with van der Waals surface area (Å²) in [6, 6.07) is 15.7. The van der Waals surface area contributed by atoms with Gasteiger partial charge in [0.05, 0.1) is 0 Å². The number of rotatable bonds is 2. The summed E-state index contributed by atoms with van der Waals surface area (Å²) in [5.41, 5.74) is 3.64. The van der Waals surface area contributed by atoms with Crippen LogP contribution in [-0.2, 0) is 7.05 Å². The second-order valence-corrected chi connectivity index (χ2v) is 4.81. The predicted molar refractivity (Wildman–Crippen MR) is 77.5 cm³/mol. The normalized spacial score (nSPS) is 10.8. The van der Waals surface area contributed by atoms with E-state index in [1.165, 1.54) is 0 Å². The molecule has 2 aromatic carbocycles. The first-order valence-corrected chi connectivity index (χ1v) is 6.33. The zero-order chi connectivity index (χ0) is 13.4. The first-order chi connectivity index (χ1) is 9.18. The van der Waals surface area contributed by atoms with Crippen molar-refractivity contribution in [3.8, 4) is 0 Å².